The Kier molecular flexibility index (Phi) is 5.10. The summed E-state index contributed by atoms with van der Waals surface area (Å²) in [6.45, 7) is 2.01. The summed E-state index contributed by atoms with van der Waals surface area (Å²) >= 11 is 0. The predicted octanol–water partition coefficient (Wildman–Crippen LogP) is 3.85. The van der Waals surface area contributed by atoms with Crippen LogP contribution >= 0.6 is 0 Å². The number of benzene rings is 2. The largest absolute Gasteiger partial charge is 0.371 e. The highest BCUT2D eigenvalue weighted by atomic mass is 19.1. The standard InChI is InChI=1S/C18H22FN3O/c19-15-9-11-22(12-10-15)18-7-5-17(6-8-18)21-16-3-1-14(2-4-16)13-20-23/h1-8,15,20-21,23H,9-13H2. The maximum atomic E-state index is 13.2. The molecule has 2 aromatic rings. The molecule has 0 aromatic heterocycles. The van der Waals surface area contributed by atoms with Crippen molar-refractivity contribution >= 4 is 17.1 Å². The first-order valence-corrected chi connectivity index (χ1v) is 7.96. The van der Waals surface area contributed by atoms with Gasteiger partial charge in [0.25, 0.3) is 0 Å². The van der Waals surface area contributed by atoms with Gasteiger partial charge in [-0.05, 0) is 54.8 Å². The minimum Gasteiger partial charge on any atom is -0.371 e. The second-order valence-electron chi connectivity index (χ2n) is 5.87. The third-order valence-electron chi connectivity index (χ3n) is 4.18. The molecule has 1 aliphatic rings. The Balaban J connectivity index is 1.60. The topological polar surface area (TPSA) is 47.5 Å². The number of hydrogen-bond acceptors (Lipinski definition) is 4. The summed E-state index contributed by atoms with van der Waals surface area (Å²) in [5.74, 6) is 0. The Hall–Kier alpha value is -2.11. The predicted molar refractivity (Wildman–Crippen MR) is 91.1 cm³/mol. The van der Waals surface area contributed by atoms with Crippen LogP contribution in [0.15, 0.2) is 48.5 Å². The van der Waals surface area contributed by atoms with E-state index in [0.29, 0.717) is 19.4 Å². The summed E-state index contributed by atoms with van der Waals surface area (Å²) in [7, 11) is 0. The lowest BCUT2D eigenvalue weighted by Gasteiger charge is -2.30. The highest BCUT2D eigenvalue weighted by molar-refractivity contribution is 5.63. The first-order valence-electron chi connectivity index (χ1n) is 7.96. The average molecular weight is 315 g/mol. The van der Waals surface area contributed by atoms with Crippen molar-refractivity contribution in [2.45, 2.75) is 25.6 Å². The van der Waals surface area contributed by atoms with Crippen LogP contribution in [0.2, 0.25) is 0 Å². The zero-order chi connectivity index (χ0) is 16.1. The van der Waals surface area contributed by atoms with E-state index in [9.17, 15) is 4.39 Å². The van der Waals surface area contributed by atoms with E-state index >= 15 is 0 Å². The molecule has 4 nitrogen and oxygen atoms in total. The molecule has 0 atom stereocenters. The normalized spacial score (nSPS) is 15.7. The summed E-state index contributed by atoms with van der Waals surface area (Å²) in [5, 5.41) is 12.0. The Morgan fingerprint density at radius 3 is 2.09 bits per heavy atom. The second kappa shape index (κ2) is 7.44. The molecular weight excluding hydrogens is 293 g/mol. The minimum absolute atomic E-state index is 0.435. The zero-order valence-electron chi connectivity index (χ0n) is 13.0. The van der Waals surface area contributed by atoms with Crippen LogP contribution in [-0.4, -0.2) is 24.5 Å². The monoisotopic (exact) mass is 315 g/mol. The SMILES string of the molecule is ONCc1ccc(Nc2ccc(N3CCC(F)CC3)cc2)cc1. The molecule has 1 heterocycles. The average Bonchev–Trinajstić information content (AvgIpc) is 2.58. The number of nitrogens with zero attached hydrogens (tertiary/aromatic N) is 1. The molecule has 0 amide bonds. The molecule has 1 saturated heterocycles. The first kappa shape index (κ1) is 15.8. The van der Waals surface area contributed by atoms with Gasteiger partial charge in [-0.2, -0.15) is 0 Å². The maximum absolute atomic E-state index is 13.2. The van der Waals surface area contributed by atoms with E-state index < -0.39 is 6.17 Å². The van der Waals surface area contributed by atoms with Crippen molar-refractivity contribution < 1.29 is 9.60 Å². The van der Waals surface area contributed by atoms with E-state index in [2.05, 4.69) is 27.8 Å². The number of anilines is 3. The molecule has 0 bridgehead atoms. The van der Waals surface area contributed by atoms with Gasteiger partial charge in [0.1, 0.15) is 6.17 Å². The Morgan fingerprint density at radius 2 is 1.52 bits per heavy atom. The Bertz CT molecular complexity index is 607. The fraction of sp³-hybridized carbons (Fsp3) is 0.333. The molecule has 0 unspecified atom stereocenters. The molecule has 0 radical (unpaired) electrons. The second-order valence-corrected chi connectivity index (χ2v) is 5.87. The molecule has 5 heteroatoms. The number of nitrogens with one attached hydrogen (secondary N) is 2. The lowest BCUT2D eigenvalue weighted by molar-refractivity contribution is 0.161. The molecule has 23 heavy (non-hydrogen) atoms. The summed E-state index contributed by atoms with van der Waals surface area (Å²) in [4.78, 5) is 2.23. The lowest BCUT2D eigenvalue weighted by Crippen LogP contribution is -2.34. The Morgan fingerprint density at radius 1 is 0.957 bits per heavy atom. The molecular formula is C18H22FN3O. The molecule has 3 rings (SSSR count). The molecule has 1 fully saturated rings. The van der Waals surface area contributed by atoms with Crippen molar-refractivity contribution in [2.75, 3.05) is 23.3 Å². The van der Waals surface area contributed by atoms with Crippen LogP contribution in [-0.2, 0) is 6.54 Å². The first-order chi connectivity index (χ1) is 11.2. The smallest absolute Gasteiger partial charge is 0.103 e. The van der Waals surface area contributed by atoms with Gasteiger partial charge < -0.3 is 15.4 Å². The van der Waals surface area contributed by atoms with Crippen molar-refractivity contribution in [1.82, 2.24) is 5.48 Å². The van der Waals surface area contributed by atoms with Gasteiger partial charge in [-0.25, -0.2) is 9.87 Å². The quantitative estimate of drug-likeness (QED) is 0.734. The van der Waals surface area contributed by atoms with Crippen LogP contribution in [0, 0.1) is 0 Å². The summed E-state index contributed by atoms with van der Waals surface area (Å²) in [5.41, 5.74) is 6.32. The molecule has 3 N–H and O–H groups in total. The van der Waals surface area contributed by atoms with E-state index in [-0.39, 0.29) is 0 Å². The number of halogens is 1. The van der Waals surface area contributed by atoms with Gasteiger partial charge in [-0.15, -0.1) is 0 Å². The summed E-state index contributed by atoms with van der Waals surface area (Å²) < 4.78 is 13.2. The maximum Gasteiger partial charge on any atom is 0.103 e. The highest BCUT2D eigenvalue weighted by Gasteiger charge is 2.18. The van der Waals surface area contributed by atoms with E-state index in [1.54, 1.807) is 0 Å². The van der Waals surface area contributed by atoms with Crippen molar-refractivity contribution in [3.8, 4) is 0 Å². The van der Waals surface area contributed by atoms with Gasteiger partial charge in [-0.3, -0.25) is 0 Å². The van der Waals surface area contributed by atoms with Crippen LogP contribution in [0.25, 0.3) is 0 Å². The number of alkyl halides is 1. The minimum atomic E-state index is -0.642. The number of rotatable bonds is 5. The van der Waals surface area contributed by atoms with Crippen molar-refractivity contribution in [2.24, 2.45) is 0 Å². The summed E-state index contributed by atoms with van der Waals surface area (Å²) in [6, 6.07) is 16.1. The third kappa shape index (κ3) is 4.21. The van der Waals surface area contributed by atoms with Gasteiger partial charge in [0, 0.05) is 36.7 Å². The van der Waals surface area contributed by atoms with Gasteiger partial charge in [0.15, 0.2) is 0 Å². The molecule has 0 spiro atoms. The summed E-state index contributed by atoms with van der Waals surface area (Å²) in [6.07, 6.45) is 0.598. The Labute approximate surface area is 135 Å². The molecule has 122 valence electrons. The van der Waals surface area contributed by atoms with Crippen LogP contribution < -0.4 is 15.7 Å². The van der Waals surface area contributed by atoms with Crippen molar-refractivity contribution in [1.29, 1.82) is 0 Å². The van der Waals surface area contributed by atoms with Gasteiger partial charge >= 0.3 is 0 Å². The van der Waals surface area contributed by atoms with Crippen LogP contribution in [0.1, 0.15) is 18.4 Å². The highest BCUT2D eigenvalue weighted by Crippen LogP contribution is 2.24. The molecule has 2 aromatic carbocycles. The third-order valence-corrected chi connectivity index (χ3v) is 4.18. The van der Waals surface area contributed by atoms with Crippen LogP contribution in [0.4, 0.5) is 21.5 Å². The van der Waals surface area contributed by atoms with Crippen molar-refractivity contribution in [3.63, 3.8) is 0 Å². The van der Waals surface area contributed by atoms with Crippen molar-refractivity contribution in [3.05, 3.63) is 54.1 Å². The molecule has 0 saturated carbocycles. The van der Waals surface area contributed by atoms with Crippen LogP contribution in [0.3, 0.4) is 0 Å². The van der Waals surface area contributed by atoms with E-state index in [0.717, 1.165) is 35.7 Å². The number of piperidine rings is 1. The van der Waals surface area contributed by atoms with Gasteiger partial charge in [0.2, 0.25) is 0 Å². The van der Waals surface area contributed by atoms with Gasteiger partial charge in [-0.1, -0.05) is 12.1 Å². The van der Waals surface area contributed by atoms with E-state index in [1.807, 2.05) is 36.4 Å². The van der Waals surface area contributed by atoms with E-state index in [1.165, 1.54) is 0 Å². The van der Waals surface area contributed by atoms with E-state index in [4.69, 9.17) is 5.21 Å². The molecule has 0 aliphatic carbocycles. The molecule has 1 aliphatic heterocycles. The van der Waals surface area contributed by atoms with Crippen LogP contribution in [0.5, 0.6) is 0 Å². The number of hydrogen-bond donors (Lipinski definition) is 3. The zero-order valence-corrected chi connectivity index (χ0v) is 13.0. The fourth-order valence-electron chi connectivity index (χ4n) is 2.83. The number of hydroxylamine groups is 1. The lowest BCUT2D eigenvalue weighted by atomic mass is 10.1. The van der Waals surface area contributed by atoms with Gasteiger partial charge in [0.05, 0.1) is 0 Å². The fourth-order valence-corrected chi connectivity index (χ4v) is 2.83.